The highest BCUT2D eigenvalue weighted by Gasteiger charge is 2.20. The summed E-state index contributed by atoms with van der Waals surface area (Å²) in [6.45, 7) is 1.86. The predicted octanol–water partition coefficient (Wildman–Crippen LogP) is 2.56. The number of hydrogen-bond donors (Lipinski definition) is 3. The Morgan fingerprint density at radius 3 is 2.76 bits per heavy atom. The molecule has 0 radical (unpaired) electrons. The van der Waals surface area contributed by atoms with Gasteiger partial charge in [-0.1, -0.05) is 11.2 Å². The van der Waals surface area contributed by atoms with Gasteiger partial charge in [-0.25, -0.2) is 14.8 Å². The lowest BCUT2D eigenvalue weighted by Gasteiger charge is -2.11. The van der Waals surface area contributed by atoms with E-state index in [-0.39, 0.29) is 33.9 Å². The van der Waals surface area contributed by atoms with Crippen molar-refractivity contribution < 1.29 is 14.4 Å². The molecule has 0 bridgehead atoms. The molecule has 0 aliphatic carbocycles. The molecule has 0 aliphatic heterocycles. The minimum absolute atomic E-state index is 0.0728. The largest absolute Gasteiger partial charge is 0.475 e. The Kier molecular flexibility index (Phi) is 4.43. The Bertz CT molecular complexity index is 1290. The third-order valence-electron chi connectivity index (χ3n) is 4.32. The van der Waals surface area contributed by atoms with E-state index >= 15 is 0 Å². The van der Waals surface area contributed by atoms with E-state index in [1.807, 2.05) is 13.0 Å². The highest BCUT2D eigenvalue weighted by molar-refractivity contribution is 6.02. The topological polar surface area (TPSA) is 135 Å². The Morgan fingerprint density at radius 2 is 2.03 bits per heavy atom. The number of anilines is 3. The van der Waals surface area contributed by atoms with Crippen LogP contribution in [-0.4, -0.2) is 37.8 Å². The molecule has 0 saturated heterocycles. The van der Waals surface area contributed by atoms with E-state index in [0.29, 0.717) is 11.5 Å². The smallest absolute Gasteiger partial charge is 0.377 e. The van der Waals surface area contributed by atoms with Gasteiger partial charge < -0.3 is 20.3 Å². The van der Waals surface area contributed by atoms with Gasteiger partial charge >= 0.3 is 5.97 Å². The Morgan fingerprint density at radius 1 is 1.21 bits per heavy atom. The number of aromatic nitrogens is 4. The average molecular weight is 392 g/mol. The summed E-state index contributed by atoms with van der Waals surface area (Å²) in [6, 6.07) is 8.58. The molecule has 0 atom stereocenters. The first-order chi connectivity index (χ1) is 14.0. The van der Waals surface area contributed by atoms with E-state index in [4.69, 9.17) is 4.52 Å². The molecule has 4 rings (SSSR count). The van der Waals surface area contributed by atoms with Crippen molar-refractivity contribution in [3.8, 4) is 5.82 Å². The normalized spacial score (nSPS) is 10.8. The Labute approximate surface area is 163 Å². The Hall–Kier alpha value is -4.21. The summed E-state index contributed by atoms with van der Waals surface area (Å²) in [4.78, 5) is 32.9. The number of aryl methyl sites for hydroxylation is 1. The van der Waals surface area contributed by atoms with Crippen molar-refractivity contribution in [1.82, 2.24) is 19.7 Å². The quantitative estimate of drug-likeness (QED) is 0.468. The van der Waals surface area contributed by atoms with Crippen LogP contribution in [0.15, 0.2) is 52.0 Å². The van der Waals surface area contributed by atoms with Gasteiger partial charge in [-0.2, -0.15) is 0 Å². The minimum Gasteiger partial charge on any atom is -0.475 e. The molecule has 0 unspecified atom stereocenters. The van der Waals surface area contributed by atoms with Crippen LogP contribution in [-0.2, 0) is 0 Å². The molecule has 10 nitrogen and oxygen atoms in total. The first kappa shape index (κ1) is 18.2. The summed E-state index contributed by atoms with van der Waals surface area (Å²) >= 11 is 0. The molecular formula is C19H16N6O4. The number of pyridine rings is 3. The monoisotopic (exact) mass is 392 g/mol. The minimum atomic E-state index is -1.29. The third-order valence-corrected chi connectivity index (χ3v) is 4.32. The van der Waals surface area contributed by atoms with Crippen LogP contribution < -0.4 is 16.2 Å². The van der Waals surface area contributed by atoms with Crippen molar-refractivity contribution in [2.45, 2.75) is 6.92 Å². The summed E-state index contributed by atoms with van der Waals surface area (Å²) < 4.78 is 6.31. The molecule has 0 fully saturated rings. The number of carboxylic acid groups (broad SMARTS) is 1. The van der Waals surface area contributed by atoms with E-state index in [1.165, 1.54) is 4.57 Å². The first-order valence-corrected chi connectivity index (χ1v) is 8.61. The average Bonchev–Trinajstić information content (AvgIpc) is 3.14. The number of fused-ring (bicyclic) bond motifs is 1. The molecule has 0 saturated carbocycles. The maximum Gasteiger partial charge on any atom is 0.377 e. The molecule has 29 heavy (non-hydrogen) atoms. The summed E-state index contributed by atoms with van der Waals surface area (Å²) in [5.74, 6) is -0.880. The molecule has 10 heteroatoms. The molecule has 4 heterocycles. The van der Waals surface area contributed by atoms with Gasteiger partial charge in [-0.3, -0.25) is 9.36 Å². The predicted molar refractivity (Wildman–Crippen MR) is 106 cm³/mol. The number of rotatable bonds is 5. The first-order valence-electron chi connectivity index (χ1n) is 8.61. The molecule has 0 aromatic carbocycles. The standard InChI is InChI=1S/C19H16N6O4/c1-10-5-3-7-21-17(10)25-8-4-6-11(18(25)26)22-13-9-12(20-2)14-15(23-13)16(19(27)28)29-24-14/h3-9,20H,1-2H3,(H,22,23)(H,27,28). The van der Waals surface area contributed by atoms with Crippen LogP contribution in [0.1, 0.15) is 16.1 Å². The number of nitrogens with one attached hydrogen (secondary N) is 2. The van der Waals surface area contributed by atoms with Crippen molar-refractivity contribution in [2.24, 2.45) is 0 Å². The van der Waals surface area contributed by atoms with Crippen LogP contribution in [0.4, 0.5) is 17.2 Å². The van der Waals surface area contributed by atoms with Crippen molar-refractivity contribution in [2.75, 3.05) is 17.7 Å². The molecule has 146 valence electrons. The summed E-state index contributed by atoms with van der Waals surface area (Å²) in [5, 5.41) is 18.9. The lowest BCUT2D eigenvalue weighted by Crippen LogP contribution is -2.22. The highest BCUT2D eigenvalue weighted by Crippen LogP contribution is 2.27. The van der Waals surface area contributed by atoms with Gasteiger partial charge in [0.15, 0.2) is 5.52 Å². The van der Waals surface area contributed by atoms with E-state index < -0.39 is 5.97 Å². The van der Waals surface area contributed by atoms with Crippen LogP contribution in [0.5, 0.6) is 0 Å². The second kappa shape index (κ2) is 7.08. The van der Waals surface area contributed by atoms with Crippen molar-refractivity contribution in [1.29, 1.82) is 0 Å². The summed E-state index contributed by atoms with van der Waals surface area (Å²) in [6.07, 6.45) is 3.24. The fraction of sp³-hybridized carbons (Fsp3) is 0.105. The van der Waals surface area contributed by atoms with Gasteiger partial charge in [0.05, 0.1) is 5.69 Å². The Balaban J connectivity index is 1.81. The van der Waals surface area contributed by atoms with Gasteiger partial charge in [0.1, 0.15) is 22.8 Å². The molecule has 0 amide bonds. The van der Waals surface area contributed by atoms with Gasteiger partial charge in [0.25, 0.3) is 11.3 Å². The fourth-order valence-electron chi connectivity index (χ4n) is 2.94. The van der Waals surface area contributed by atoms with Crippen LogP contribution >= 0.6 is 0 Å². The van der Waals surface area contributed by atoms with Crippen molar-refractivity contribution in [3.63, 3.8) is 0 Å². The van der Waals surface area contributed by atoms with E-state index in [2.05, 4.69) is 25.8 Å². The third kappa shape index (κ3) is 3.16. The number of carboxylic acids is 1. The lowest BCUT2D eigenvalue weighted by atomic mass is 10.2. The van der Waals surface area contributed by atoms with Crippen LogP contribution in [0.3, 0.4) is 0 Å². The maximum atomic E-state index is 13.0. The van der Waals surface area contributed by atoms with Gasteiger partial charge in [0, 0.05) is 25.5 Å². The van der Waals surface area contributed by atoms with Gasteiger partial charge in [-0.15, -0.1) is 0 Å². The summed E-state index contributed by atoms with van der Waals surface area (Å²) in [7, 11) is 1.66. The number of aromatic carboxylic acids is 1. The van der Waals surface area contributed by atoms with E-state index in [1.54, 1.807) is 43.7 Å². The SMILES string of the molecule is CNc1cc(Nc2cccn(-c3ncccc3C)c2=O)nc2c(C(=O)O)onc12. The van der Waals surface area contributed by atoms with Gasteiger partial charge in [0.2, 0.25) is 0 Å². The second-order valence-corrected chi connectivity index (χ2v) is 6.19. The lowest BCUT2D eigenvalue weighted by molar-refractivity contribution is 0.0655. The van der Waals surface area contributed by atoms with Crippen LogP contribution in [0.2, 0.25) is 0 Å². The molecule has 0 aliphatic rings. The van der Waals surface area contributed by atoms with Crippen molar-refractivity contribution in [3.05, 3.63) is 64.4 Å². The van der Waals surface area contributed by atoms with Crippen molar-refractivity contribution >= 4 is 34.2 Å². The zero-order chi connectivity index (χ0) is 20.5. The number of nitrogens with zero attached hydrogens (tertiary/aromatic N) is 4. The maximum absolute atomic E-state index is 13.0. The van der Waals surface area contributed by atoms with Gasteiger partial charge in [-0.05, 0) is 30.7 Å². The number of hydrogen-bond acceptors (Lipinski definition) is 8. The highest BCUT2D eigenvalue weighted by atomic mass is 16.5. The summed E-state index contributed by atoms with van der Waals surface area (Å²) in [5.41, 5.74) is 1.63. The fourth-order valence-corrected chi connectivity index (χ4v) is 2.94. The number of carbonyl (C=O) groups is 1. The van der Waals surface area contributed by atoms with E-state index in [9.17, 15) is 14.7 Å². The zero-order valence-corrected chi connectivity index (χ0v) is 15.5. The molecule has 4 aromatic rings. The molecular weight excluding hydrogens is 376 g/mol. The van der Waals surface area contributed by atoms with E-state index in [0.717, 1.165) is 5.56 Å². The zero-order valence-electron chi connectivity index (χ0n) is 15.5. The molecule has 0 spiro atoms. The van der Waals surface area contributed by atoms with Crippen LogP contribution in [0.25, 0.3) is 16.9 Å². The second-order valence-electron chi connectivity index (χ2n) is 6.19. The van der Waals surface area contributed by atoms with Crippen LogP contribution in [0, 0.1) is 6.92 Å². The molecule has 4 aromatic heterocycles. The molecule has 3 N–H and O–H groups in total.